The lowest BCUT2D eigenvalue weighted by molar-refractivity contribution is 0.102. The molecule has 0 aliphatic carbocycles. The molecule has 0 radical (unpaired) electrons. The van der Waals surface area contributed by atoms with Crippen LogP contribution in [0.2, 0.25) is 0 Å². The summed E-state index contributed by atoms with van der Waals surface area (Å²) in [5.41, 5.74) is 5.43. The zero-order valence-electron chi connectivity index (χ0n) is 15.4. The van der Waals surface area contributed by atoms with Gasteiger partial charge >= 0.3 is 0 Å². The summed E-state index contributed by atoms with van der Waals surface area (Å²) < 4.78 is 0. The average molecular weight is 346 g/mol. The Morgan fingerprint density at radius 1 is 0.885 bits per heavy atom. The van der Waals surface area contributed by atoms with Gasteiger partial charge in [0, 0.05) is 17.4 Å². The van der Waals surface area contributed by atoms with E-state index in [2.05, 4.69) is 20.6 Å². The van der Waals surface area contributed by atoms with Crippen LogP contribution in [0.15, 0.2) is 48.5 Å². The van der Waals surface area contributed by atoms with E-state index in [1.807, 2.05) is 63.2 Å². The molecule has 1 heterocycles. The molecule has 5 nitrogen and oxygen atoms in total. The third-order valence-electron chi connectivity index (χ3n) is 4.11. The molecule has 1 aromatic heterocycles. The fraction of sp³-hybridized carbons (Fsp3) is 0.190. The second-order valence-electron chi connectivity index (χ2n) is 6.40. The maximum Gasteiger partial charge on any atom is 0.274 e. The monoisotopic (exact) mass is 346 g/mol. The maximum atomic E-state index is 12.6. The van der Waals surface area contributed by atoms with Crippen LogP contribution in [0.25, 0.3) is 0 Å². The minimum atomic E-state index is -0.260. The SMILES string of the molecule is Cc1ccc(NC(=O)c2cc(Nc3c(C)cccc3C)nc(C)n2)cc1. The molecule has 132 valence electrons. The molecule has 5 heteroatoms. The minimum absolute atomic E-state index is 0.260. The predicted octanol–water partition coefficient (Wildman–Crippen LogP) is 4.71. The van der Waals surface area contributed by atoms with Crippen LogP contribution in [0.5, 0.6) is 0 Å². The van der Waals surface area contributed by atoms with E-state index in [0.29, 0.717) is 17.3 Å². The van der Waals surface area contributed by atoms with E-state index in [4.69, 9.17) is 0 Å². The molecule has 2 aromatic carbocycles. The van der Waals surface area contributed by atoms with Crippen LogP contribution >= 0.6 is 0 Å². The highest BCUT2D eigenvalue weighted by atomic mass is 16.1. The number of benzene rings is 2. The third-order valence-corrected chi connectivity index (χ3v) is 4.11. The summed E-state index contributed by atoms with van der Waals surface area (Å²) in [5, 5.41) is 6.19. The van der Waals surface area contributed by atoms with Crippen LogP contribution in [0.4, 0.5) is 17.2 Å². The molecule has 3 rings (SSSR count). The molecule has 2 N–H and O–H groups in total. The number of carbonyl (C=O) groups is 1. The zero-order chi connectivity index (χ0) is 18.7. The molecule has 0 saturated heterocycles. The van der Waals surface area contributed by atoms with Crippen molar-refractivity contribution in [3.05, 3.63) is 76.7 Å². The summed E-state index contributed by atoms with van der Waals surface area (Å²) in [5.74, 6) is 0.878. The number of anilines is 3. The molecule has 3 aromatic rings. The van der Waals surface area contributed by atoms with Crippen molar-refractivity contribution in [3.63, 3.8) is 0 Å². The van der Waals surface area contributed by atoms with Gasteiger partial charge in [-0.3, -0.25) is 4.79 Å². The van der Waals surface area contributed by atoms with Crippen molar-refractivity contribution >= 4 is 23.1 Å². The highest BCUT2D eigenvalue weighted by molar-refractivity contribution is 6.03. The summed E-state index contributed by atoms with van der Waals surface area (Å²) in [6.45, 7) is 7.85. The number of para-hydroxylation sites is 1. The van der Waals surface area contributed by atoms with Gasteiger partial charge in [0.2, 0.25) is 0 Å². The van der Waals surface area contributed by atoms with E-state index in [0.717, 1.165) is 28.1 Å². The van der Waals surface area contributed by atoms with E-state index >= 15 is 0 Å². The normalized spacial score (nSPS) is 10.5. The average Bonchev–Trinajstić information content (AvgIpc) is 2.60. The Bertz CT molecular complexity index is 928. The largest absolute Gasteiger partial charge is 0.340 e. The van der Waals surface area contributed by atoms with E-state index < -0.39 is 0 Å². The lowest BCUT2D eigenvalue weighted by atomic mass is 10.1. The second-order valence-corrected chi connectivity index (χ2v) is 6.40. The van der Waals surface area contributed by atoms with Crippen molar-refractivity contribution in [2.75, 3.05) is 10.6 Å². The summed E-state index contributed by atoms with van der Waals surface area (Å²) in [4.78, 5) is 21.2. The van der Waals surface area contributed by atoms with Gasteiger partial charge in [-0.05, 0) is 51.0 Å². The molecule has 0 saturated carbocycles. The van der Waals surface area contributed by atoms with E-state index in [1.54, 1.807) is 13.0 Å². The first-order valence-electron chi connectivity index (χ1n) is 8.49. The van der Waals surface area contributed by atoms with Crippen molar-refractivity contribution in [3.8, 4) is 0 Å². The van der Waals surface area contributed by atoms with Crippen molar-refractivity contribution < 1.29 is 4.79 Å². The zero-order valence-corrected chi connectivity index (χ0v) is 15.4. The first kappa shape index (κ1) is 17.6. The Hall–Kier alpha value is -3.21. The standard InChI is InChI=1S/C21H22N4O/c1-13-8-10-17(11-9-13)24-21(26)18-12-19(23-16(4)22-18)25-20-14(2)6-5-7-15(20)3/h5-12H,1-4H3,(H,24,26)(H,22,23,25). The number of amides is 1. The number of hydrogen-bond acceptors (Lipinski definition) is 4. The molecular formula is C21H22N4O. The fourth-order valence-corrected chi connectivity index (χ4v) is 2.72. The summed E-state index contributed by atoms with van der Waals surface area (Å²) in [6.07, 6.45) is 0. The van der Waals surface area contributed by atoms with Gasteiger partial charge in [0.05, 0.1) is 0 Å². The van der Waals surface area contributed by atoms with Crippen molar-refractivity contribution in [1.82, 2.24) is 9.97 Å². The lowest BCUT2D eigenvalue weighted by Gasteiger charge is -2.13. The van der Waals surface area contributed by atoms with Crippen molar-refractivity contribution in [1.29, 1.82) is 0 Å². The number of aryl methyl sites for hydroxylation is 4. The number of rotatable bonds is 4. The first-order valence-corrected chi connectivity index (χ1v) is 8.49. The van der Waals surface area contributed by atoms with E-state index in [-0.39, 0.29) is 5.91 Å². The first-order chi connectivity index (χ1) is 12.4. The summed E-state index contributed by atoms with van der Waals surface area (Å²) >= 11 is 0. The molecule has 26 heavy (non-hydrogen) atoms. The molecule has 0 aliphatic rings. The van der Waals surface area contributed by atoms with Crippen LogP contribution < -0.4 is 10.6 Å². The van der Waals surface area contributed by atoms with E-state index in [9.17, 15) is 4.79 Å². The lowest BCUT2D eigenvalue weighted by Crippen LogP contribution is -2.15. The number of nitrogens with one attached hydrogen (secondary N) is 2. The summed E-state index contributed by atoms with van der Waals surface area (Å²) in [6, 6.07) is 15.4. The van der Waals surface area contributed by atoms with Gasteiger partial charge in [-0.15, -0.1) is 0 Å². The molecule has 0 spiro atoms. The van der Waals surface area contributed by atoms with Crippen LogP contribution in [-0.2, 0) is 0 Å². The van der Waals surface area contributed by atoms with Crippen LogP contribution in [0, 0.1) is 27.7 Å². The van der Waals surface area contributed by atoms with Gasteiger partial charge in [0.1, 0.15) is 17.3 Å². The Labute approximate surface area is 153 Å². The number of aromatic nitrogens is 2. The second kappa shape index (κ2) is 7.35. The molecule has 1 amide bonds. The molecular weight excluding hydrogens is 324 g/mol. The molecule has 0 atom stereocenters. The van der Waals surface area contributed by atoms with Crippen molar-refractivity contribution in [2.24, 2.45) is 0 Å². The highest BCUT2D eigenvalue weighted by Gasteiger charge is 2.12. The van der Waals surface area contributed by atoms with Gasteiger partial charge in [0.25, 0.3) is 5.91 Å². The van der Waals surface area contributed by atoms with Crippen molar-refractivity contribution in [2.45, 2.75) is 27.7 Å². The quantitative estimate of drug-likeness (QED) is 0.718. The Morgan fingerprint density at radius 3 is 2.19 bits per heavy atom. The number of carbonyl (C=O) groups excluding carboxylic acids is 1. The molecule has 0 aliphatic heterocycles. The van der Waals surface area contributed by atoms with Crippen LogP contribution in [0.1, 0.15) is 33.0 Å². The molecule has 0 unspecified atom stereocenters. The number of hydrogen-bond donors (Lipinski definition) is 2. The van der Waals surface area contributed by atoms with Crippen LogP contribution in [-0.4, -0.2) is 15.9 Å². The van der Waals surface area contributed by atoms with Gasteiger partial charge in [-0.2, -0.15) is 0 Å². The Kier molecular flexibility index (Phi) is 4.98. The molecule has 0 bridgehead atoms. The highest BCUT2D eigenvalue weighted by Crippen LogP contribution is 2.23. The van der Waals surface area contributed by atoms with Gasteiger partial charge in [-0.25, -0.2) is 9.97 Å². The fourth-order valence-electron chi connectivity index (χ4n) is 2.72. The predicted molar refractivity (Wildman–Crippen MR) is 105 cm³/mol. The minimum Gasteiger partial charge on any atom is -0.340 e. The number of nitrogens with zero attached hydrogens (tertiary/aromatic N) is 2. The molecule has 0 fully saturated rings. The van der Waals surface area contributed by atoms with Crippen LogP contribution in [0.3, 0.4) is 0 Å². The maximum absolute atomic E-state index is 12.6. The topological polar surface area (TPSA) is 66.9 Å². The smallest absolute Gasteiger partial charge is 0.274 e. The Balaban J connectivity index is 1.85. The van der Waals surface area contributed by atoms with Gasteiger partial charge in [0.15, 0.2) is 0 Å². The summed E-state index contributed by atoms with van der Waals surface area (Å²) in [7, 11) is 0. The Morgan fingerprint density at radius 2 is 1.54 bits per heavy atom. The van der Waals surface area contributed by atoms with Gasteiger partial charge in [-0.1, -0.05) is 35.9 Å². The van der Waals surface area contributed by atoms with E-state index in [1.165, 1.54) is 0 Å². The van der Waals surface area contributed by atoms with Gasteiger partial charge < -0.3 is 10.6 Å². The third kappa shape index (κ3) is 4.06.